The molecule has 0 aliphatic heterocycles. The van der Waals surface area contributed by atoms with Gasteiger partial charge in [-0.1, -0.05) is 30.3 Å². The van der Waals surface area contributed by atoms with E-state index in [2.05, 4.69) is 10.3 Å². The number of hydrogen-bond donors (Lipinski definition) is 3. The molecule has 0 unspecified atom stereocenters. The van der Waals surface area contributed by atoms with Crippen LogP contribution in [0.25, 0.3) is 0 Å². The van der Waals surface area contributed by atoms with E-state index in [0.29, 0.717) is 0 Å². The van der Waals surface area contributed by atoms with Crippen molar-refractivity contribution < 1.29 is 14.7 Å². The summed E-state index contributed by atoms with van der Waals surface area (Å²) in [4.78, 5) is 37.1. The second kappa shape index (κ2) is 6.51. The molecule has 1 aromatic carbocycles. The molecule has 1 heterocycles. The minimum atomic E-state index is -1.15. The highest BCUT2D eigenvalue weighted by Crippen LogP contribution is 2.04. The van der Waals surface area contributed by atoms with Crippen LogP contribution in [0.5, 0.6) is 0 Å². The van der Waals surface area contributed by atoms with Gasteiger partial charge >= 0.3 is 5.97 Å². The Morgan fingerprint density at radius 3 is 2.48 bits per heavy atom. The van der Waals surface area contributed by atoms with E-state index < -0.39 is 23.5 Å². The zero-order valence-corrected chi connectivity index (χ0v) is 11.1. The Morgan fingerprint density at radius 1 is 1.14 bits per heavy atom. The van der Waals surface area contributed by atoms with Crippen LogP contribution < -0.4 is 10.9 Å². The fourth-order valence-electron chi connectivity index (χ4n) is 1.89. The topological polar surface area (TPSA) is 99.3 Å². The summed E-state index contributed by atoms with van der Waals surface area (Å²) in [5, 5.41) is 11.6. The lowest BCUT2D eigenvalue weighted by atomic mass is 10.1. The van der Waals surface area contributed by atoms with Gasteiger partial charge in [0.15, 0.2) is 0 Å². The first-order valence-corrected chi connectivity index (χ1v) is 6.33. The molecule has 0 bridgehead atoms. The first-order valence-electron chi connectivity index (χ1n) is 6.33. The molecule has 2 rings (SSSR count). The molecule has 0 radical (unpaired) electrons. The number of pyridine rings is 1. The molecule has 0 saturated carbocycles. The van der Waals surface area contributed by atoms with E-state index in [1.54, 1.807) is 24.3 Å². The Balaban J connectivity index is 2.14. The molecule has 0 fully saturated rings. The van der Waals surface area contributed by atoms with Crippen LogP contribution in [0.2, 0.25) is 0 Å². The lowest BCUT2D eigenvalue weighted by Crippen LogP contribution is -2.43. The van der Waals surface area contributed by atoms with Gasteiger partial charge in [-0.05, 0) is 17.7 Å². The van der Waals surface area contributed by atoms with Gasteiger partial charge in [0.25, 0.3) is 11.5 Å². The van der Waals surface area contributed by atoms with Crippen molar-refractivity contribution in [3.05, 3.63) is 70.1 Å². The molecule has 108 valence electrons. The Hall–Kier alpha value is -2.89. The molecule has 0 aliphatic carbocycles. The maximum atomic E-state index is 12.0. The molecule has 21 heavy (non-hydrogen) atoms. The number of carboxylic acids is 1. The van der Waals surface area contributed by atoms with Crippen molar-refractivity contribution >= 4 is 11.9 Å². The van der Waals surface area contributed by atoms with Crippen LogP contribution in [0.4, 0.5) is 0 Å². The first-order chi connectivity index (χ1) is 10.1. The summed E-state index contributed by atoms with van der Waals surface area (Å²) in [6, 6.07) is 10.7. The minimum absolute atomic E-state index is 0.114. The average Bonchev–Trinajstić information content (AvgIpc) is 2.48. The number of amides is 1. The van der Waals surface area contributed by atoms with Gasteiger partial charge in [-0.2, -0.15) is 0 Å². The maximum absolute atomic E-state index is 12.0. The van der Waals surface area contributed by atoms with Gasteiger partial charge in [-0.3, -0.25) is 9.59 Å². The molecule has 1 atom stereocenters. The van der Waals surface area contributed by atoms with Gasteiger partial charge in [-0.15, -0.1) is 0 Å². The second-order valence-corrected chi connectivity index (χ2v) is 4.47. The number of aromatic amines is 1. The fraction of sp³-hybridized carbons (Fsp3) is 0.133. The molecule has 1 aromatic heterocycles. The number of carbonyl (C=O) groups excluding carboxylic acids is 1. The predicted molar refractivity (Wildman–Crippen MR) is 76.1 cm³/mol. The van der Waals surface area contributed by atoms with Gasteiger partial charge in [0.2, 0.25) is 0 Å². The number of carbonyl (C=O) groups is 2. The average molecular weight is 286 g/mol. The minimum Gasteiger partial charge on any atom is -0.480 e. The summed E-state index contributed by atoms with van der Waals surface area (Å²) in [7, 11) is 0. The highest BCUT2D eigenvalue weighted by atomic mass is 16.4. The Bertz CT molecular complexity index is 694. The number of hydrogen-bond acceptors (Lipinski definition) is 3. The van der Waals surface area contributed by atoms with E-state index in [9.17, 15) is 19.5 Å². The SMILES string of the molecule is O=C(N[C@H](Cc1ccccc1)C(=O)O)c1ccc[nH]c1=O. The number of nitrogens with one attached hydrogen (secondary N) is 2. The molecule has 1 amide bonds. The molecule has 0 aliphatic rings. The fourth-order valence-corrected chi connectivity index (χ4v) is 1.89. The van der Waals surface area contributed by atoms with Crippen LogP contribution in [0.1, 0.15) is 15.9 Å². The number of rotatable bonds is 5. The van der Waals surface area contributed by atoms with Gasteiger partial charge in [-0.25, -0.2) is 4.79 Å². The molecule has 0 saturated heterocycles. The van der Waals surface area contributed by atoms with Gasteiger partial charge < -0.3 is 15.4 Å². The van der Waals surface area contributed by atoms with E-state index in [1.165, 1.54) is 18.3 Å². The highest BCUT2D eigenvalue weighted by molar-refractivity contribution is 5.96. The van der Waals surface area contributed by atoms with Gasteiger partial charge in [0, 0.05) is 12.6 Å². The highest BCUT2D eigenvalue weighted by Gasteiger charge is 2.22. The van der Waals surface area contributed by atoms with Crippen LogP contribution in [-0.4, -0.2) is 28.0 Å². The smallest absolute Gasteiger partial charge is 0.326 e. The number of benzene rings is 1. The van der Waals surface area contributed by atoms with Crippen molar-refractivity contribution in [3.8, 4) is 0 Å². The summed E-state index contributed by atoms with van der Waals surface area (Å²) < 4.78 is 0. The lowest BCUT2D eigenvalue weighted by molar-refractivity contribution is -0.139. The molecular formula is C15H14N2O4. The van der Waals surface area contributed by atoms with Crippen LogP contribution in [0.15, 0.2) is 53.5 Å². The summed E-state index contributed by atoms with van der Waals surface area (Å²) in [5.74, 6) is -1.86. The molecule has 0 spiro atoms. The van der Waals surface area contributed by atoms with Crippen LogP contribution in [0.3, 0.4) is 0 Å². The third-order valence-electron chi connectivity index (χ3n) is 2.95. The summed E-state index contributed by atoms with van der Waals surface area (Å²) in [5.41, 5.74) is 0.114. The van der Waals surface area contributed by atoms with Gasteiger partial charge in [0.05, 0.1) is 0 Å². The van der Waals surface area contributed by atoms with Crippen molar-refractivity contribution in [3.63, 3.8) is 0 Å². The van der Waals surface area contributed by atoms with Crippen LogP contribution in [0, 0.1) is 0 Å². The molecule has 2 aromatic rings. The summed E-state index contributed by atoms with van der Waals surface area (Å²) >= 11 is 0. The standard InChI is InChI=1S/C15H14N2O4/c18-13-11(7-4-8-16-13)14(19)17-12(15(20)21)9-10-5-2-1-3-6-10/h1-8,12H,9H2,(H,16,18)(H,17,19)(H,20,21)/t12-/m1/s1. The maximum Gasteiger partial charge on any atom is 0.326 e. The second-order valence-electron chi connectivity index (χ2n) is 4.47. The molecule has 6 heteroatoms. The monoisotopic (exact) mass is 286 g/mol. The van der Waals surface area contributed by atoms with Gasteiger partial charge in [0.1, 0.15) is 11.6 Å². The Kier molecular flexibility index (Phi) is 4.50. The summed E-state index contributed by atoms with van der Waals surface area (Å²) in [6.45, 7) is 0. The van der Waals surface area contributed by atoms with Crippen molar-refractivity contribution in [1.82, 2.24) is 10.3 Å². The summed E-state index contributed by atoms with van der Waals surface area (Å²) in [6.07, 6.45) is 1.55. The van der Waals surface area contributed by atoms with Crippen molar-refractivity contribution in [2.75, 3.05) is 0 Å². The lowest BCUT2D eigenvalue weighted by Gasteiger charge is -2.14. The van der Waals surface area contributed by atoms with E-state index in [4.69, 9.17) is 0 Å². The normalized spacial score (nSPS) is 11.6. The quantitative estimate of drug-likeness (QED) is 0.757. The largest absolute Gasteiger partial charge is 0.480 e. The number of H-pyrrole nitrogens is 1. The number of aliphatic carboxylic acids is 1. The zero-order valence-electron chi connectivity index (χ0n) is 11.1. The van der Waals surface area contributed by atoms with Crippen molar-refractivity contribution in [1.29, 1.82) is 0 Å². The van der Waals surface area contributed by atoms with E-state index >= 15 is 0 Å². The first kappa shape index (κ1) is 14.5. The van der Waals surface area contributed by atoms with Crippen molar-refractivity contribution in [2.45, 2.75) is 12.5 Å². The predicted octanol–water partition coefficient (Wildman–Crippen LogP) is 0.801. The number of carboxylic acid groups (broad SMARTS) is 1. The van der Waals surface area contributed by atoms with E-state index in [-0.39, 0.29) is 12.0 Å². The van der Waals surface area contributed by atoms with E-state index in [0.717, 1.165) is 5.56 Å². The molecule has 3 N–H and O–H groups in total. The Labute approximate surface area is 120 Å². The zero-order chi connectivity index (χ0) is 15.2. The van der Waals surface area contributed by atoms with Crippen molar-refractivity contribution in [2.24, 2.45) is 0 Å². The molecule has 6 nitrogen and oxygen atoms in total. The molecular weight excluding hydrogens is 272 g/mol. The van der Waals surface area contributed by atoms with E-state index in [1.807, 2.05) is 6.07 Å². The van der Waals surface area contributed by atoms with Crippen LogP contribution in [-0.2, 0) is 11.2 Å². The van der Waals surface area contributed by atoms with Crippen LogP contribution >= 0.6 is 0 Å². The Morgan fingerprint density at radius 2 is 1.86 bits per heavy atom. The number of aromatic nitrogens is 1. The third kappa shape index (κ3) is 3.79. The third-order valence-corrected chi connectivity index (χ3v) is 2.95.